The lowest BCUT2D eigenvalue weighted by Gasteiger charge is -2.36. The molecule has 0 spiro atoms. The molecule has 0 amide bonds. The number of rotatable bonds is 12. The van der Waals surface area contributed by atoms with Gasteiger partial charge in [0.05, 0.1) is 6.61 Å². The van der Waals surface area contributed by atoms with Crippen molar-refractivity contribution < 1.29 is 25.5 Å². The lowest BCUT2D eigenvalue weighted by molar-refractivity contribution is -0.611. The van der Waals surface area contributed by atoms with Crippen LogP contribution in [0.5, 0.6) is 0 Å². The minimum atomic E-state index is -0.280. The van der Waals surface area contributed by atoms with E-state index >= 15 is 0 Å². The zero-order valence-electron chi connectivity index (χ0n) is 21.8. The number of carbonyl (C=O) groups is 1. The molecule has 6 heteroatoms. The second-order valence-corrected chi connectivity index (χ2v) is 10.8. The summed E-state index contributed by atoms with van der Waals surface area (Å²) < 4.78 is 5.48. The van der Waals surface area contributed by atoms with E-state index in [1.807, 2.05) is 24.3 Å². The number of esters is 1. The molecule has 34 heavy (non-hydrogen) atoms. The van der Waals surface area contributed by atoms with Crippen LogP contribution in [0.15, 0.2) is 52.5 Å². The maximum Gasteiger partial charge on any atom is 0.305 e. The summed E-state index contributed by atoms with van der Waals surface area (Å²) in [5.74, 6) is 0.125. The highest BCUT2D eigenvalue weighted by Crippen LogP contribution is 2.45. The van der Waals surface area contributed by atoms with Gasteiger partial charge in [0.15, 0.2) is 17.2 Å². The third-order valence-corrected chi connectivity index (χ3v) is 6.49. The van der Waals surface area contributed by atoms with Crippen molar-refractivity contribution >= 4 is 17.4 Å². The van der Waals surface area contributed by atoms with E-state index in [0.717, 1.165) is 18.4 Å². The van der Waals surface area contributed by atoms with Gasteiger partial charge in [0.25, 0.3) is 0 Å². The maximum atomic E-state index is 12.4. The van der Waals surface area contributed by atoms with E-state index in [-0.39, 0.29) is 22.6 Å². The van der Waals surface area contributed by atoms with Crippen molar-refractivity contribution in [3.05, 3.63) is 47.4 Å². The standard InChI is InChI=1S/C28H43N3O3/c1-6-7-8-9-10-13-18-34-25(32)16-17-28(5)19-21(27(2,3)4)26(33)24(20-28)31-30-23-15-12-11-14-22(23)29/h11-12,14-15,20,29,31,33H,6-10,13,16-19H2,1-5H3/p+2. The number of aliphatic hydroxyl groups is 1. The fourth-order valence-electron chi connectivity index (χ4n) is 4.31. The number of aliphatic hydroxyl groups excluding tert-OH is 1. The number of ether oxygens (including phenoxy) is 1. The van der Waals surface area contributed by atoms with Crippen LogP contribution < -0.4 is 10.8 Å². The summed E-state index contributed by atoms with van der Waals surface area (Å²) in [4.78, 5) is 12.4. The molecule has 5 N–H and O–H groups in total. The highest BCUT2D eigenvalue weighted by molar-refractivity contribution is 6.48. The van der Waals surface area contributed by atoms with Crippen molar-refractivity contribution in [2.45, 2.75) is 92.4 Å². The van der Waals surface area contributed by atoms with Gasteiger partial charge in [-0.25, -0.2) is 0 Å². The summed E-state index contributed by atoms with van der Waals surface area (Å²) in [7, 11) is 0. The Morgan fingerprint density at radius 2 is 1.85 bits per heavy atom. The molecular weight excluding hydrogens is 426 g/mol. The van der Waals surface area contributed by atoms with Crippen LogP contribution in [0.3, 0.4) is 0 Å². The van der Waals surface area contributed by atoms with Gasteiger partial charge in [-0.3, -0.25) is 10.2 Å². The average Bonchev–Trinajstić information content (AvgIpc) is 2.78. The molecule has 1 atom stereocenters. The smallest absolute Gasteiger partial charge is 0.305 e. The van der Waals surface area contributed by atoms with Gasteiger partial charge in [0.1, 0.15) is 0 Å². The van der Waals surface area contributed by atoms with E-state index in [9.17, 15) is 9.90 Å². The molecule has 0 aromatic heterocycles. The normalized spacial score (nSPS) is 21.9. The van der Waals surface area contributed by atoms with E-state index in [1.165, 1.54) is 25.7 Å². The van der Waals surface area contributed by atoms with Gasteiger partial charge < -0.3 is 9.84 Å². The monoisotopic (exact) mass is 471 g/mol. The second kappa shape index (κ2) is 12.8. The molecule has 0 heterocycles. The largest absolute Gasteiger partial charge is 0.503 e. The molecular formula is C28H45N3O3+2. The molecule has 2 aliphatic carbocycles. The average molecular weight is 472 g/mol. The number of carbonyl (C=O) groups excluding carboxylic acids is 1. The third kappa shape index (κ3) is 8.71. The predicted octanol–water partition coefficient (Wildman–Crippen LogP) is 4.07. The lowest BCUT2D eigenvalue weighted by atomic mass is 9.69. The number of nitrogens with zero attached hydrogens (tertiary/aromatic N) is 1. The number of quaternary nitrogens is 1. The summed E-state index contributed by atoms with van der Waals surface area (Å²) in [5.41, 5.74) is 4.09. The molecule has 0 aliphatic heterocycles. The minimum absolute atomic E-state index is 0.147. The Labute approximate surface area is 205 Å². The summed E-state index contributed by atoms with van der Waals surface area (Å²) in [6, 6.07) is 0. The molecule has 1 unspecified atom stereocenters. The fraction of sp³-hybridized carbons (Fsp3) is 0.607. The Hall–Kier alpha value is -2.47. The van der Waals surface area contributed by atoms with Gasteiger partial charge in [-0.2, -0.15) is 5.43 Å². The Kier molecular flexibility index (Phi) is 10.5. The summed E-state index contributed by atoms with van der Waals surface area (Å²) in [6.45, 7) is 11.1. The first-order valence-electron chi connectivity index (χ1n) is 12.8. The van der Waals surface area contributed by atoms with Crippen LogP contribution in [0.25, 0.3) is 0 Å². The summed E-state index contributed by atoms with van der Waals surface area (Å²) in [5, 5.41) is 21.6. The van der Waals surface area contributed by atoms with E-state index < -0.39 is 0 Å². The Morgan fingerprint density at radius 3 is 2.53 bits per heavy atom. The minimum Gasteiger partial charge on any atom is -0.503 e. The predicted molar refractivity (Wildman–Crippen MR) is 138 cm³/mol. The summed E-state index contributed by atoms with van der Waals surface area (Å²) >= 11 is 0. The van der Waals surface area contributed by atoms with Crippen LogP contribution in [0.1, 0.15) is 92.4 Å². The molecule has 0 aromatic rings. The van der Waals surface area contributed by atoms with Crippen LogP contribution in [-0.2, 0) is 9.53 Å². The van der Waals surface area contributed by atoms with E-state index in [2.05, 4.69) is 39.7 Å². The zero-order valence-corrected chi connectivity index (χ0v) is 21.8. The van der Waals surface area contributed by atoms with Crippen molar-refractivity contribution in [1.29, 1.82) is 0 Å². The van der Waals surface area contributed by atoms with Crippen LogP contribution >= 0.6 is 0 Å². The van der Waals surface area contributed by atoms with Gasteiger partial charge in [-0.15, -0.1) is 0 Å². The lowest BCUT2D eigenvalue weighted by Crippen LogP contribution is -2.77. The molecule has 2 rings (SSSR count). The molecule has 6 nitrogen and oxygen atoms in total. The van der Waals surface area contributed by atoms with Crippen LogP contribution in [0.2, 0.25) is 0 Å². The molecule has 0 saturated carbocycles. The molecule has 0 bridgehead atoms. The zero-order chi connectivity index (χ0) is 25.2. The topological polar surface area (TPSA) is 101 Å². The molecule has 0 aromatic carbocycles. The fourth-order valence-corrected chi connectivity index (χ4v) is 4.31. The number of allylic oxidation sites excluding steroid dienone is 6. The van der Waals surface area contributed by atoms with E-state index in [4.69, 9.17) is 10.1 Å². The van der Waals surface area contributed by atoms with Crippen molar-refractivity contribution in [3.63, 3.8) is 0 Å². The summed E-state index contributed by atoms with van der Waals surface area (Å²) in [6.07, 6.45) is 18.2. The van der Waals surface area contributed by atoms with Gasteiger partial charge >= 0.3 is 5.97 Å². The second-order valence-electron chi connectivity index (χ2n) is 10.8. The van der Waals surface area contributed by atoms with Gasteiger partial charge in [0.2, 0.25) is 5.71 Å². The van der Waals surface area contributed by atoms with Crippen molar-refractivity contribution in [2.24, 2.45) is 15.9 Å². The van der Waals surface area contributed by atoms with Gasteiger partial charge in [-0.05, 0) is 47.8 Å². The molecule has 0 saturated heterocycles. The SMILES string of the molecule is CCCCCCCCOC(=O)CCC1(C)C=C([NH2+]N=C2C=CC=CC2=[NH2+])C(O)=C(C(C)(C)C)C1. The molecule has 0 fully saturated rings. The number of nitrogens with two attached hydrogens (primary N) is 2. The number of unbranched alkanes of at least 4 members (excludes halogenated alkanes) is 5. The van der Waals surface area contributed by atoms with Crippen molar-refractivity contribution in [3.8, 4) is 0 Å². The highest BCUT2D eigenvalue weighted by atomic mass is 16.5. The van der Waals surface area contributed by atoms with Crippen LogP contribution in [-0.4, -0.2) is 29.1 Å². The molecule has 188 valence electrons. The Morgan fingerprint density at radius 1 is 1.18 bits per heavy atom. The Balaban J connectivity index is 2.01. The van der Waals surface area contributed by atoms with Crippen molar-refractivity contribution in [2.75, 3.05) is 6.61 Å². The first kappa shape index (κ1) is 27.8. The molecule has 2 aliphatic rings. The molecule has 0 radical (unpaired) electrons. The van der Waals surface area contributed by atoms with E-state index in [1.54, 1.807) is 11.5 Å². The number of hydrogen-bond donors (Lipinski definition) is 3. The van der Waals surface area contributed by atoms with Gasteiger partial charge in [-0.1, -0.05) is 84.0 Å². The Bertz CT molecular complexity index is 887. The van der Waals surface area contributed by atoms with Crippen LogP contribution in [0.4, 0.5) is 0 Å². The third-order valence-electron chi connectivity index (χ3n) is 6.49. The maximum absolute atomic E-state index is 12.4. The highest BCUT2D eigenvalue weighted by Gasteiger charge is 2.38. The van der Waals surface area contributed by atoms with Crippen LogP contribution in [0, 0.1) is 10.8 Å². The van der Waals surface area contributed by atoms with Crippen molar-refractivity contribution in [1.82, 2.24) is 0 Å². The van der Waals surface area contributed by atoms with Gasteiger partial charge in [0, 0.05) is 12.5 Å². The number of hydrogen-bond acceptors (Lipinski definition) is 4. The first-order chi connectivity index (χ1) is 16.1. The quantitative estimate of drug-likeness (QED) is 0.131. The van der Waals surface area contributed by atoms with E-state index in [0.29, 0.717) is 43.0 Å². The first-order valence-corrected chi connectivity index (χ1v) is 12.8.